The Hall–Kier alpha value is -2.96. The van der Waals surface area contributed by atoms with E-state index in [0.717, 1.165) is 6.07 Å². The van der Waals surface area contributed by atoms with Gasteiger partial charge < -0.3 is 15.2 Å². The Morgan fingerprint density at radius 1 is 1.00 bits per heavy atom. The van der Waals surface area contributed by atoms with Crippen molar-refractivity contribution in [3.8, 4) is 5.75 Å². The van der Waals surface area contributed by atoms with Gasteiger partial charge in [-0.05, 0) is 18.2 Å². The summed E-state index contributed by atoms with van der Waals surface area (Å²) in [6.45, 7) is -3.01. The lowest BCUT2D eigenvalue weighted by Crippen LogP contribution is -2.26. The van der Waals surface area contributed by atoms with E-state index in [1.54, 1.807) is 30.3 Å². The van der Waals surface area contributed by atoms with Gasteiger partial charge in [0.05, 0.1) is 5.56 Å². The first-order valence-electron chi connectivity index (χ1n) is 6.57. The molecule has 0 saturated heterocycles. The van der Waals surface area contributed by atoms with Crippen LogP contribution in [-0.2, 0) is 9.53 Å². The van der Waals surface area contributed by atoms with E-state index in [1.165, 1.54) is 18.2 Å². The highest BCUT2D eigenvalue weighted by Gasteiger charge is 2.23. The molecule has 0 heterocycles. The van der Waals surface area contributed by atoms with Crippen LogP contribution in [0.25, 0.3) is 0 Å². The van der Waals surface area contributed by atoms with E-state index < -0.39 is 24.6 Å². The van der Waals surface area contributed by atoms with Crippen molar-refractivity contribution >= 4 is 11.9 Å². The molecule has 1 atom stereocenters. The zero-order valence-corrected chi connectivity index (χ0v) is 11.8. The molecule has 0 fully saturated rings. The first-order valence-corrected chi connectivity index (χ1v) is 6.57. The molecule has 0 spiro atoms. The van der Waals surface area contributed by atoms with Crippen LogP contribution in [0.15, 0.2) is 54.6 Å². The predicted molar refractivity (Wildman–Crippen MR) is 76.9 cm³/mol. The number of nitrogens with two attached hydrogens (primary N) is 1. The molecule has 0 aliphatic carbocycles. The van der Waals surface area contributed by atoms with Crippen molar-refractivity contribution in [3.63, 3.8) is 0 Å². The van der Waals surface area contributed by atoms with Crippen LogP contribution in [0, 0.1) is 0 Å². The summed E-state index contributed by atoms with van der Waals surface area (Å²) in [4.78, 5) is 23.6. The summed E-state index contributed by atoms with van der Waals surface area (Å²) in [6, 6.07) is 13.3. The average Bonchev–Trinajstić information content (AvgIpc) is 2.52. The van der Waals surface area contributed by atoms with E-state index in [9.17, 15) is 18.4 Å². The fourth-order valence-electron chi connectivity index (χ4n) is 1.89. The number of carbonyl (C=O) groups is 2. The first-order chi connectivity index (χ1) is 11.0. The molecule has 2 N–H and O–H groups in total. The number of carbonyl (C=O) groups excluding carboxylic acids is 2. The Bertz CT molecular complexity index is 691. The van der Waals surface area contributed by atoms with Gasteiger partial charge in [0.1, 0.15) is 5.75 Å². The summed E-state index contributed by atoms with van der Waals surface area (Å²) in [6.07, 6.45) is -1.27. The zero-order valence-electron chi connectivity index (χ0n) is 11.8. The highest BCUT2D eigenvalue weighted by atomic mass is 19.3. The second kappa shape index (κ2) is 7.35. The minimum atomic E-state index is -3.01. The second-order valence-electron chi connectivity index (χ2n) is 4.50. The van der Waals surface area contributed by atoms with Gasteiger partial charge in [0.25, 0.3) is 5.91 Å². The van der Waals surface area contributed by atoms with Gasteiger partial charge in [0.15, 0.2) is 0 Å². The summed E-state index contributed by atoms with van der Waals surface area (Å²) < 4.78 is 33.7. The number of amides is 1. The van der Waals surface area contributed by atoms with Gasteiger partial charge in [0.2, 0.25) is 6.10 Å². The molecule has 0 aromatic heterocycles. The Balaban J connectivity index is 2.18. The van der Waals surface area contributed by atoms with Gasteiger partial charge in [-0.1, -0.05) is 36.4 Å². The molecule has 0 aliphatic rings. The molecule has 2 aromatic carbocycles. The lowest BCUT2D eigenvalue weighted by molar-refractivity contribution is -0.127. The fraction of sp³-hybridized carbons (Fsp3) is 0.125. The number of benzene rings is 2. The molecule has 0 unspecified atom stereocenters. The Morgan fingerprint density at radius 2 is 1.70 bits per heavy atom. The third-order valence-electron chi connectivity index (χ3n) is 2.88. The van der Waals surface area contributed by atoms with Crippen molar-refractivity contribution < 1.29 is 27.8 Å². The van der Waals surface area contributed by atoms with Crippen molar-refractivity contribution in [2.45, 2.75) is 12.7 Å². The standard InChI is InChI=1S/C16H13F2NO4/c17-16(18)22-12-8-4-7-11(9-12)15(21)23-13(14(19)20)10-5-2-1-3-6-10/h1-9,13,16H,(H2,19,20)/t13-/m1/s1. The molecule has 7 heteroatoms. The molecule has 1 amide bonds. The molecule has 23 heavy (non-hydrogen) atoms. The van der Waals surface area contributed by atoms with Gasteiger partial charge in [0, 0.05) is 5.56 Å². The van der Waals surface area contributed by atoms with Gasteiger partial charge >= 0.3 is 12.6 Å². The zero-order chi connectivity index (χ0) is 16.8. The van der Waals surface area contributed by atoms with Crippen LogP contribution < -0.4 is 10.5 Å². The van der Waals surface area contributed by atoms with Crippen molar-refractivity contribution in [2.24, 2.45) is 5.73 Å². The smallest absolute Gasteiger partial charge is 0.387 e. The Labute approximate surface area is 130 Å². The highest BCUT2D eigenvalue weighted by Crippen LogP contribution is 2.21. The Morgan fingerprint density at radius 3 is 2.30 bits per heavy atom. The fourth-order valence-corrected chi connectivity index (χ4v) is 1.89. The third kappa shape index (κ3) is 4.50. The number of alkyl halides is 2. The minimum Gasteiger partial charge on any atom is -0.444 e. The first kappa shape index (κ1) is 16.4. The van der Waals surface area contributed by atoms with Crippen molar-refractivity contribution in [1.29, 1.82) is 0 Å². The molecular weight excluding hydrogens is 308 g/mol. The topological polar surface area (TPSA) is 78.6 Å². The molecule has 2 rings (SSSR count). The van der Waals surface area contributed by atoms with Gasteiger partial charge in [-0.3, -0.25) is 4.79 Å². The van der Waals surface area contributed by atoms with Crippen LogP contribution >= 0.6 is 0 Å². The van der Waals surface area contributed by atoms with Gasteiger partial charge in [-0.2, -0.15) is 8.78 Å². The van der Waals surface area contributed by atoms with Crippen molar-refractivity contribution in [2.75, 3.05) is 0 Å². The maximum Gasteiger partial charge on any atom is 0.387 e. The van der Waals surface area contributed by atoms with Crippen LogP contribution in [0.3, 0.4) is 0 Å². The molecule has 0 bridgehead atoms. The molecule has 0 saturated carbocycles. The number of ether oxygens (including phenoxy) is 2. The molecule has 120 valence electrons. The number of hydrogen-bond acceptors (Lipinski definition) is 4. The maximum atomic E-state index is 12.2. The maximum absolute atomic E-state index is 12.2. The average molecular weight is 321 g/mol. The van der Waals surface area contributed by atoms with Gasteiger partial charge in [-0.15, -0.1) is 0 Å². The highest BCUT2D eigenvalue weighted by molar-refractivity contribution is 5.92. The van der Waals surface area contributed by atoms with E-state index in [1.807, 2.05) is 0 Å². The van der Waals surface area contributed by atoms with Crippen LogP contribution in [0.5, 0.6) is 5.75 Å². The number of esters is 1. The number of primary amides is 1. The normalized spacial score (nSPS) is 11.8. The molecule has 5 nitrogen and oxygen atoms in total. The Kier molecular flexibility index (Phi) is 5.24. The monoisotopic (exact) mass is 321 g/mol. The SMILES string of the molecule is NC(=O)[C@H](OC(=O)c1cccc(OC(F)F)c1)c1ccccc1. The quantitative estimate of drug-likeness (QED) is 0.830. The van der Waals surface area contributed by atoms with E-state index in [0.29, 0.717) is 5.56 Å². The van der Waals surface area contributed by atoms with Crippen LogP contribution in [-0.4, -0.2) is 18.5 Å². The molecular formula is C16H13F2NO4. The molecule has 2 aromatic rings. The predicted octanol–water partition coefficient (Wildman–Crippen LogP) is 2.67. The third-order valence-corrected chi connectivity index (χ3v) is 2.88. The summed E-state index contributed by atoms with van der Waals surface area (Å²) >= 11 is 0. The summed E-state index contributed by atoms with van der Waals surface area (Å²) in [5.74, 6) is -1.91. The van der Waals surface area contributed by atoms with Gasteiger partial charge in [-0.25, -0.2) is 4.79 Å². The molecule has 0 aliphatic heterocycles. The van der Waals surface area contributed by atoms with Crippen LogP contribution in [0.4, 0.5) is 8.78 Å². The number of hydrogen-bond donors (Lipinski definition) is 1. The van der Waals surface area contributed by atoms with E-state index >= 15 is 0 Å². The van der Waals surface area contributed by atoms with Crippen molar-refractivity contribution in [1.82, 2.24) is 0 Å². The minimum absolute atomic E-state index is 0.0367. The van der Waals surface area contributed by atoms with Crippen LogP contribution in [0.2, 0.25) is 0 Å². The summed E-state index contributed by atoms with van der Waals surface area (Å²) in [7, 11) is 0. The summed E-state index contributed by atoms with van der Waals surface area (Å²) in [5, 5.41) is 0. The lowest BCUT2D eigenvalue weighted by Gasteiger charge is -2.15. The number of halogens is 2. The van der Waals surface area contributed by atoms with Crippen LogP contribution in [0.1, 0.15) is 22.0 Å². The molecule has 0 radical (unpaired) electrons. The summed E-state index contributed by atoms with van der Waals surface area (Å²) in [5.41, 5.74) is 5.62. The van der Waals surface area contributed by atoms with E-state index in [4.69, 9.17) is 10.5 Å². The largest absolute Gasteiger partial charge is 0.444 e. The van der Waals surface area contributed by atoms with E-state index in [2.05, 4.69) is 4.74 Å². The number of rotatable bonds is 6. The van der Waals surface area contributed by atoms with E-state index in [-0.39, 0.29) is 11.3 Å². The van der Waals surface area contributed by atoms with Crippen molar-refractivity contribution in [3.05, 3.63) is 65.7 Å². The lowest BCUT2D eigenvalue weighted by atomic mass is 10.1. The second-order valence-corrected chi connectivity index (χ2v) is 4.50.